The van der Waals surface area contributed by atoms with Crippen molar-refractivity contribution < 1.29 is 4.32 Å². The molecule has 0 heterocycles. The van der Waals surface area contributed by atoms with Crippen molar-refractivity contribution in [3.8, 4) is 5.97 Å². The third-order valence-corrected chi connectivity index (χ3v) is 0.0488. The minimum absolute atomic E-state index is 0.0694. The zero-order valence-corrected chi connectivity index (χ0v) is 1.90. The smallest absolute Gasteiger partial charge is 0.0249 e. The number of rotatable bonds is 0. The van der Waals surface area contributed by atoms with Crippen LogP contribution in [-0.2, 0) is 0 Å². The topological polar surface area (TPSA) is 23.8 Å². The molecule has 20 valence electrons. The summed E-state index contributed by atoms with van der Waals surface area (Å²) in [5.74, 6) is 1.14. The zero-order valence-electron chi connectivity index (χ0n) is 1.90. The first-order valence-electron chi connectivity index (χ1n) is 0.730. The molecule has 0 N–H and O–H groups in total. The highest BCUT2D eigenvalue weighted by molar-refractivity contribution is 6.36. The zero-order chi connectivity index (χ0) is 3.41. The van der Waals surface area contributed by atoms with E-state index >= 15 is 0 Å². The fourth-order valence-electron chi connectivity index (χ4n) is 0. The molecule has 0 rings (SSSR count). The molecule has 0 aliphatic heterocycles. The van der Waals surface area contributed by atoms with E-state index in [1.807, 2.05) is 0 Å². The number of halogens is 1. The first-order chi connectivity index (χ1) is 1.91. The summed E-state index contributed by atoms with van der Waals surface area (Å²) in [6, 6.07) is 0. The van der Waals surface area contributed by atoms with Gasteiger partial charge in [-0.05, 0) is 0 Å². The molecule has 1 nitrogen and oxygen atoms in total. The van der Waals surface area contributed by atoms with Gasteiger partial charge < -0.3 is 4.32 Å². The first kappa shape index (κ1) is 3.48. The molecular formula is CBFN-. The second-order valence-electron chi connectivity index (χ2n) is 0.238. The van der Waals surface area contributed by atoms with Crippen LogP contribution in [0.5, 0.6) is 0 Å². The van der Waals surface area contributed by atoms with Crippen molar-refractivity contribution in [1.29, 1.82) is 5.26 Å². The molecule has 0 unspecified atom stereocenters. The first-order valence-corrected chi connectivity index (χ1v) is 0.730. The number of nitrogens with zero attached hydrogens (tertiary/aromatic N) is 1. The summed E-state index contributed by atoms with van der Waals surface area (Å²) in [7, 11) is -0.0694. The summed E-state index contributed by atoms with van der Waals surface area (Å²) < 4.78 is 10.2. The standard InChI is InChI=1S/CBFN/c3-2-1-4/q-1. The Kier molecular flexibility index (Phi) is 2.16. The SMILES string of the molecule is N#C[B-]F. The highest BCUT2D eigenvalue weighted by atomic mass is 19.1. The Hall–Kier alpha value is -0.515. The van der Waals surface area contributed by atoms with Gasteiger partial charge in [-0.3, -0.25) is 5.26 Å². The van der Waals surface area contributed by atoms with Gasteiger partial charge in [0, 0.05) is 7.56 Å². The Bertz CT molecular complexity index is 37.8. The maximum absolute atomic E-state index is 10.2. The van der Waals surface area contributed by atoms with Crippen molar-refractivity contribution in [2.24, 2.45) is 0 Å². The van der Waals surface area contributed by atoms with E-state index in [1.165, 1.54) is 0 Å². The fraction of sp³-hybridized carbons (Fsp3) is 0. The average Bonchev–Trinajstić information content (AvgIpc) is 1.37. The van der Waals surface area contributed by atoms with E-state index < -0.39 is 0 Å². The molecule has 0 saturated carbocycles. The molecule has 0 spiro atoms. The third-order valence-electron chi connectivity index (χ3n) is 0.0488. The maximum atomic E-state index is 10.2. The lowest BCUT2D eigenvalue weighted by Crippen LogP contribution is -1.60. The van der Waals surface area contributed by atoms with Gasteiger partial charge in [-0.1, -0.05) is 0 Å². The van der Waals surface area contributed by atoms with Gasteiger partial charge in [0.2, 0.25) is 0 Å². The van der Waals surface area contributed by atoms with Crippen LogP contribution in [0.2, 0.25) is 0 Å². The summed E-state index contributed by atoms with van der Waals surface area (Å²) in [5.41, 5.74) is 0. The molecule has 0 amide bonds. The predicted molar refractivity (Wildman–Crippen MR) is 12.5 cm³/mol. The van der Waals surface area contributed by atoms with Crippen LogP contribution >= 0.6 is 0 Å². The largest absolute Gasteiger partial charge is 0.579 e. The van der Waals surface area contributed by atoms with Crippen molar-refractivity contribution in [3.63, 3.8) is 0 Å². The van der Waals surface area contributed by atoms with Gasteiger partial charge in [0.05, 0.1) is 0 Å². The molecule has 0 fully saturated rings. The molecule has 4 heavy (non-hydrogen) atoms. The fourth-order valence-corrected chi connectivity index (χ4v) is 0. The van der Waals surface area contributed by atoms with E-state index in [4.69, 9.17) is 5.26 Å². The summed E-state index contributed by atoms with van der Waals surface area (Å²) >= 11 is 0. The van der Waals surface area contributed by atoms with Crippen LogP contribution in [-0.4, -0.2) is 7.56 Å². The second kappa shape index (κ2) is 2.48. The van der Waals surface area contributed by atoms with Crippen LogP contribution in [0.15, 0.2) is 0 Å². The van der Waals surface area contributed by atoms with Crippen molar-refractivity contribution in [2.75, 3.05) is 0 Å². The normalized spacial score (nSPS) is 5.00. The molecule has 0 aliphatic carbocycles. The minimum atomic E-state index is -0.0694. The molecule has 0 bridgehead atoms. The van der Waals surface area contributed by atoms with E-state index in [0.29, 0.717) is 0 Å². The number of nitriles is 1. The average molecular weight is 55.8 g/mol. The highest BCUT2D eigenvalue weighted by Gasteiger charge is 1.32. The van der Waals surface area contributed by atoms with E-state index in [9.17, 15) is 4.32 Å². The molecule has 0 aromatic rings. The van der Waals surface area contributed by atoms with E-state index in [2.05, 4.69) is 0 Å². The number of hydrogen-bond donors (Lipinski definition) is 0. The molecule has 0 atom stereocenters. The minimum Gasteiger partial charge on any atom is -0.579 e. The van der Waals surface area contributed by atoms with Crippen LogP contribution in [0.1, 0.15) is 0 Å². The van der Waals surface area contributed by atoms with Crippen LogP contribution < -0.4 is 0 Å². The predicted octanol–water partition coefficient (Wildman–Crippen LogP) is 0.0562. The van der Waals surface area contributed by atoms with Crippen molar-refractivity contribution in [1.82, 2.24) is 0 Å². The van der Waals surface area contributed by atoms with E-state index in [-0.39, 0.29) is 7.56 Å². The van der Waals surface area contributed by atoms with Crippen molar-refractivity contribution in [3.05, 3.63) is 0 Å². The lowest BCUT2D eigenvalue weighted by molar-refractivity contribution is 0.885. The Balaban J connectivity index is 2.43. The molecule has 3 heteroatoms. The van der Waals surface area contributed by atoms with Gasteiger partial charge in [-0.15, -0.1) is 0 Å². The Morgan fingerprint density at radius 2 is 2.25 bits per heavy atom. The van der Waals surface area contributed by atoms with Crippen molar-refractivity contribution in [2.45, 2.75) is 0 Å². The maximum Gasteiger partial charge on any atom is 0.0249 e. The van der Waals surface area contributed by atoms with Crippen LogP contribution in [0, 0.1) is 11.2 Å². The van der Waals surface area contributed by atoms with Gasteiger partial charge in [0.1, 0.15) is 0 Å². The Labute approximate surface area is 24.3 Å². The molecule has 2 radical (unpaired) electrons. The van der Waals surface area contributed by atoms with E-state index in [1.54, 1.807) is 0 Å². The molecular weight excluding hydrogens is 55.8 g/mol. The van der Waals surface area contributed by atoms with Crippen LogP contribution in [0.3, 0.4) is 0 Å². The molecule has 0 aromatic heterocycles. The second-order valence-corrected chi connectivity index (χ2v) is 0.238. The van der Waals surface area contributed by atoms with Gasteiger partial charge in [-0.25, -0.2) is 0 Å². The summed E-state index contributed by atoms with van der Waals surface area (Å²) in [6.07, 6.45) is 0. The Morgan fingerprint density at radius 3 is 2.25 bits per heavy atom. The lowest BCUT2D eigenvalue weighted by Gasteiger charge is -1.68. The van der Waals surface area contributed by atoms with Gasteiger partial charge in [-0.2, -0.15) is 5.97 Å². The molecule has 0 saturated heterocycles. The van der Waals surface area contributed by atoms with Gasteiger partial charge in [0.15, 0.2) is 0 Å². The molecule has 0 aromatic carbocycles. The lowest BCUT2D eigenvalue weighted by atomic mass is 10.1. The quantitative estimate of drug-likeness (QED) is 0.360. The number of hydrogen-bond acceptors (Lipinski definition) is 1. The summed E-state index contributed by atoms with van der Waals surface area (Å²) in [4.78, 5) is 0. The van der Waals surface area contributed by atoms with Crippen LogP contribution in [0.4, 0.5) is 4.32 Å². The Morgan fingerprint density at radius 1 is 2.00 bits per heavy atom. The van der Waals surface area contributed by atoms with Gasteiger partial charge in [0.25, 0.3) is 0 Å². The van der Waals surface area contributed by atoms with Crippen LogP contribution in [0.25, 0.3) is 0 Å². The molecule has 0 aliphatic rings. The summed E-state index contributed by atoms with van der Waals surface area (Å²) in [5, 5.41) is 7.19. The van der Waals surface area contributed by atoms with Gasteiger partial charge >= 0.3 is 0 Å². The monoisotopic (exact) mass is 56.0 g/mol. The van der Waals surface area contributed by atoms with E-state index in [0.717, 1.165) is 5.97 Å². The summed E-state index contributed by atoms with van der Waals surface area (Å²) in [6.45, 7) is 0. The highest BCUT2D eigenvalue weighted by Crippen LogP contribution is 1.44. The van der Waals surface area contributed by atoms with Crippen molar-refractivity contribution >= 4 is 7.56 Å². The third kappa shape index (κ3) is 1.48.